The van der Waals surface area contributed by atoms with Gasteiger partial charge < -0.3 is 24.1 Å². The van der Waals surface area contributed by atoms with Crippen molar-refractivity contribution >= 4 is 11.3 Å². The summed E-state index contributed by atoms with van der Waals surface area (Å²) < 4.78 is 24.3. The molecule has 0 unspecified atom stereocenters. The zero-order chi connectivity index (χ0) is 20.0. The lowest BCUT2D eigenvalue weighted by molar-refractivity contribution is -0.178. The van der Waals surface area contributed by atoms with Crippen molar-refractivity contribution in [1.29, 1.82) is 0 Å². The SMILES string of the molecule is CC1(C)OC[C@@H]([C@H]2OC(C)(C)O[C@@H]2[C@@](O)(Cc2ccccc2)c2nccs2)O1. The lowest BCUT2D eigenvalue weighted by atomic mass is 9.85. The number of nitrogens with zero attached hydrogens (tertiary/aromatic N) is 1. The van der Waals surface area contributed by atoms with Crippen LogP contribution in [0.5, 0.6) is 0 Å². The van der Waals surface area contributed by atoms with Crippen molar-refractivity contribution in [3.05, 3.63) is 52.5 Å². The van der Waals surface area contributed by atoms with Crippen LogP contribution >= 0.6 is 11.3 Å². The summed E-state index contributed by atoms with van der Waals surface area (Å²) in [5.41, 5.74) is -0.361. The fourth-order valence-electron chi connectivity index (χ4n) is 3.95. The third-order valence-corrected chi connectivity index (χ3v) is 6.06. The Hall–Kier alpha value is -1.35. The summed E-state index contributed by atoms with van der Waals surface area (Å²) in [6.07, 6.45) is 0.568. The average molecular weight is 406 g/mol. The first kappa shape index (κ1) is 19.9. The van der Waals surface area contributed by atoms with Gasteiger partial charge >= 0.3 is 0 Å². The van der Waals surface area contributed by atoms with E-state index in [2.05, 4.69) is 4.98 Å². The van der Waals surface area contributed by atoms with E-state index in [9.17, 15) is 5.11 Å². The van der Waals surface area contributed by atoms with E-state index in [1.165, 1.54) is 11.3 Å². The molecule has 0 saturated carbocycles. The Morgan fingerprint density at radius 1 is 1.11 bits per heavy atom. The lowest BCUT2D eigenvalue weighted by Crippen LogP contribution is -2.51. The van der Waals surface area contributed by atoms with Gasteiger partial charge in [-0.25, -0.2) is 4.98 Å². The van der Waals surface area contributed by atoms with Crippen LogP contribution in [0.1, 0.15) is 38.3 Å². The standard InChI is InChI=1S/C21H27NO5S/c1-19(2)24-13-15(25-19)16-17(27-20(3,4)26-16)21(23,18-22-10-11-28-18)12-14-8-6-5-7-9-14/h5-11,15-17,23H,12-13H2,1-4H3/t15-,16+,17-,21-/m0/s1. The Morgan fingerprint density at radius 3 is 2.46 bits per heavy atom. The van der Waals surface area contributed by atoms with E-state index in [1.54, 1.807) is 6.20 Å². The molecule has 0 radical (unpaired) electrons. The zero-order valence-corrected chi connectivity index (χ0v) is 17.4. The van der Waals surface area contributed by atoms with E-state index < -0.39 is 29.4 Å². The Bertz CT molecular complexity index is 794. The number of thiazole rings is 1. The summed E-state index contributed by atoms with van der Waals surface area (Å²) in [4.78, 5) is 4.43. The number of ether oxygens (including phenoxy) is 4. The highest BCUT2D eigenvalue weighted by molar-refractivity contribution is 7.09. The van der Waals surface area contributed by atoms with Crippen LogP contribution in [0.15, 0.2) is 41.9 Å². The Kier molecular flexibility index (Phi) is 5.10. The third kappa shape index (κ3) is 3.87. The molecule has 6 nitrogen and oxygen atoms in total. The van der Waals surface area contributed by atoms with E-state index in [4.69, 9.17) is 18.9 Å². The van der Waals surface area contributed by atoms with E-state index in [1.807, 2.05) is 63.4 Å². The van der Waals surface area contributed by atoms with Gasteiger partial charge in [0.1, 0.15) is 28.9 Å². The molecular weight excluding hydrogens is 378 g/mol. The maximum absolute atomic E-state index is 12.0. The van der Waals surface area contributed by atoms with Crippen LogP contribution in [-0.2, 0) is 31.0 Å². The molecule has 0 amide bonds. The number of aliphatic hydroxyl groups is 1. The number of benzene rings is 1. The van der Waals surface area contributed by atoms with Gasteiger partial charge in [0.05, 0.1) is 6.61 Å². The number of hydrogen-bond donors (Lipinski definition) is 1. The molecule has 2 saturated heterocycles. The van der Waals surface area contributed by atoms with Gasteiger partial charge in [-0.3, -0.25) is 0 Å². The van der Waals surface area contributed by atoms with Crippen molar-refractivity contribution in [2.45, 2.75) is 69.6 Å². The fraction of sp³-hybridized carbons (Fsp3) is 0.571. The average Bonchev–Trinajstić information content (AvgIpc) is 3.34. The summed E-state index contributed by atoms with van der Waals surface area (Å²) in [6.45, 7) is 7.84. The first-order chi connectivity index (χ1) is 13.2. The zero-order valence-electron chi connectivity index (χ0n) is 16.6. The van der Waals surface area contributed by atoms with Crippen LogP contribution in [0.25, 0.3) is 0 Å². The second kappa shape index (κ2) is 7.16. The lowest BCUT2D eigenvalue weighted by Gasteiger charge is -2.35. The molecule has 152 valence electrons. The van der Waals surface area contributed by atoms with Crippen LogP contribution < -0.4 is 0 Å². The summed E-state index contributed by atoms with van der Waals surface area (Å²) in [6, 6.07) is 9.86. The molecule has 28 heavy (non-hydrogen) atoms. The maximum atomic E-state index is 12.0. The minimum absolute atomic E-state index is 0.343. The van der Waals surface area contributed by atoms with Gasteiger partial charge in [0.2, 0.25) is 0 Å². The molecule has 4 rings (SSSR count). The van der Waals surface area contributed by atoms with Crippen LogP contribution in [0.3, 0.4) is 0 Å². The van der Waals surface area contributed by atoms with Crippen molar-refractivity contribution in [3.8, 4) is 0 Å². The van der Waals surface area contributed by atoms with Crippen LogP contribution in [0, 0.1) is 0 Å². The molecule has 2 aliphatic rings. The number of rotatable bonds is 5. The minimum Gasteiger partial charge on any atom is -0.379 e. The molecule has 2 fully saturated rings. The number of aromatic nitrogens is 1. The highest BCUT2D eigenvalue weighted by Gasteiger charge is 2.58. The molecule has 1 aromatic heterocycles. The molecule has 7 heteroatoms. The first-order valence-corrected chi connectivity index (χ1v) is 10.4. The molecule has 2 aromatic rings. The Labute approximate surface area is 169 Å². The molecule has 2 aliphatic heterocycles. The molecular formula is C21H27NO5S. The molecule has 1 aromatic carbocycles. The van der Waals surface area contributed by atoms with E-state index >= 15 is 0 Å². The van der Waals surface area contributed by atoms with Gasteiger partial charge in [-0.2, -0.15) is 0 Å². The predicted molar refractivity (Wildman–Crippen MR) is 105 cm³/mol. The van der Waals surface area contributed by atoms with Crippen molar-refractivity contribution in [1.82, 2.24) is 4.98 Å². The van der Waals surface area contributed by atoms with Gasteiger partial charge in [0, 0.05) is 18.0 Å². The summed E-state index contributed by atoms with van der Waals surface area (Å²) in [5, 5.41) is 14.4. The normalized spacial score (nSPS) is 31.0. The van der Waals surface area contributed by atoms with Crippen LogP contribution in [-0.4, -0.2) is 46.6 Å². The predicted octanol–water partition coefficient (Wildman–Crippen LogP) is 3.25. The van der Waals surface area contributed by atoms with Crippen molar-refractivity contribution in [2.75, 3.05) is 6.61 Å². The molecule has 1 N–H and O–H groups in total. The minimum atomic E-state index is -1.36. The first-order valence-electron chi connectivity index (χ1n) is 9.52. The van der Waals surface area contributed by atoms with Gasteiger partial charge in [0.15, 0.2) is 11.6 Å². The number of hydrogen-bond acceptors (Lipinski definition) is 7. The van der Waals surface area contributed by atoms with Gasteiger partial charge in [-0.15, -0.1) is 11.3 Å². The summed E-state index contributed by atoms with van der Waals surface area (Å²) in [7, 11) is 0. The molecule has 4 atom stereocenters. The van der Waals surface area contributed by atoms with Gasteiger partial charge in [-0.1, -0.05) is 30.3 Å². The van der Waals surface area contributed by atoms with Gasteiger partial charge in [0.25, 0.3) is 0 Å². The highest BCUT2D eigenvalue weighted by atomic mass is 32.1. The quantitative estimate of drug-likeness (QED) is 0.824. The Morgan fingerprint density at radius 2 is 1.86 bits per heavy atom. The third-order valence-electron chi connectivity index (χ3n) is 5.12. The monoisotopic (exact) mass is 405 g/mol. The van der Waals surface area contributed by atoms with Crippen LogP contribution in [0.2, 0.25) is 0 Å². The van der Waals surface area contributed by atoms with Crippen molar-refractivity contribution in [3.63, 3.8) is 0 Å². The van der Waals surface area contributed by atoms with Crippen LogP contribution in [0.4, 0.5) is 0 Å². The molecule has 0 spiro atoms. The second-order valence-corrected chi connectivity index (χ2v) is 9.21. The largest absolute Gasteiger partial charge is 0.379 e. The van der Waals surface area contributed by atoms with Crippen molar-refractivity contribution in [2.24, 2.45) is 0 Å². The molecule has 3 heterocycles. The fourth-order valence-corrected chi connectivity index (χ4v) is 4.71. The Balaban J connectivity index is 1.71. The molecule has 0 bridgehead atoms. The second-order valence-electron chi connectivity index (χ2n) is 8.31. The highest BCUT2D eigenvalue weighted by Crippen LogP contribution is 2.44. The summed E-state index contributed by atoms with van der Waals surface area (Å²) >= 11 is 1.41. The summed E-state index contributed by atoms with van der Waals surface area (Å²) in [5.74, 6) is -1.54. The topological polar surface area (TPSA) is 70.0 Å². The molecule has 0 aliphatic carbocycles. The van der Waals surface area contributed by atoms with Gasteiger partial charge in [-0.05, 0) is 33.3 Å². The van der Waals surface area contributed by atoms with E-state index in [0.29, 0.717) is 18.0 Å². The smallest absolute Gasteiger partial charge is 0.164 e. The van der Waals surface area contributed by atoms with E-state index in [-0.39, 0.29) is 6.10 Å². The van der Waals surface area contributed by atoms with Crippen molar-refractivity contribution < 1.29 is 24.1 Å². The maximum Gasteiger partial charge on any atom is 0.164 e. The van der Waals surface area contributed by atoms with E-state index in [0.717, 1.165) is 5.56 Å².